The third kappa shape index (κ3) is 3.67. The number of amides is 1. The number of thiophene rings is 1. The first-order valence-corrected chi connectivity index (χ1v) is 8.62. The Bertz CT molecular complexity index is 784. The Balaban J connectivity index is 2.56. The van der Waals surface area contributed by atoms with Crippen LogP contribution < -0.4 is 5.32 Å². The van der Waals surface area contributed by atoms with Crippen molar-refractivity contribution in [3.63, 3.8) is 0 Å². The van der Waals surface area contributed by atoms with Gasteiger partial charge >= 0.3 is 5.97 Å². The van der Waals surface area contributed by atoms with Crippen LogP contribution in [-0.4, -0.2) is 19.0 Å². The van der Waals surface area contributed by atoms with E-state index in [4.69, 9.17) is 4.74 Å². The molecule has 0 unspecified atom stereocenters. The fourth-order valence-electron chi connectivity index (χ4n) is 2.27. The van der Waals surface area contributed by atoms with Gasteiger partial charge in [-0.15, -0.1) is 11.3 Å². The molecule has 0 radical (unpaired) electrons. The molecular formula is C19H23NO3S. The number of ether oxygens (including phenoxy) is 1. The molecule has 128 valence electrons. The minimum absolute atomic E-state index is 0.137. The van der Waals surface area contributed by atoms with Crippen molar-refractivity contribution in [2.24, 2.45) is 5.41 Å². The van der Waals surface area contributed by atoms with Crippen LogP contribution in [0.4, 0.5) is 5.00 Å². The van der Waals surface area contributed by atoms with Gasteiger partial charge in [0.05, 0.1) is 7.11 Å². The van der Waals surface area contributed by atoms with Crippen LogP contribution in [0.2, 0.25) is 0 Å². The smallest absolute Gasteiger partial charge is 0.341 e. The Kier molecular flexibility index (Phi) is 5.13. The monoisotopic (exact) mass is 345 g/mol. The van der Waals surface area contributed by atoms with E-state index in [-0.39, 0.29) is 5.91 Å². The minimum Gasteiger partial charge on any atom is -0.465 e. The maximum atomic E-state index is 12.4. The first-order valence-electron chi connectivity index (χ1n) is 7.74. The van der Waals surface area contributed by atoms with Crippen LogP contribution in [0, 0.1) is 19.3 Å². The van der Waals surface area contributed by atoms with Crippen molar-refractivity contribution in [1.29, 1.82) is 0 Å². The van der Waals surface area contributed by atoms with E-state index in [1.165, 1.54) is 18.4 Å². The number of rotatable bonds is 3. The molecule has 4 nitrogen and oxygen atoms in total. The fraction of sp³-hybridized carbons (Fsp3) is 0.368. The minimum atomic E-state index is -0.545. The molecule has 0 aliphatic rings. The number of benzene rings is 1. The number of hydrogen-bond donors (Lipinski definition) is 1. The lowest BCUT2D eigenvalue weighted by Gasteiger charge is -2.17. The summed E-state index contributed by atoms with van der Waals surface area (Å²) in [5.74, 6) is -0.585. The summed E-state index contributed by atoms with van der Waals surface area (Å²) in [5.41, 5.74) is 3.81. The van der Waals surface area contributed by atoms with Gasteiger partial charge in [0.1, 0.15) is 10.6 Å². The molecule has 0 aliphatic carbocycles. The van der Waals surface area contributed by atoms with E-state index in [9.17, 15) is 9.59 Å². The van der Waals surface area contributed by atoms with Crippen molar-refractivity contribution in [2.75, 3.05) is 12.4 Å². The number of methoxy groups -OCH3 is 1. The van der Waals surface area contributed by atoms with Gasteiger partial charge in [0, 0.05) is 16.4 Å². The zero-order valence-electron chi connectivity index (χ0n) is 14.9. The molecule has 1 N–H and O–H groups in total. The van der Waals surface area contributed by atoms with E-state index in [2.05, 4.69) is 5.32 Å². The lowest BCUT2D eigenvalue weighted by Crippen LogP contribution is -2.28. The van der Waals surface area contributed by atoms with Crippen molar-refractivity contribution in [3.05, 3.63) is 40.3 Å². The molecule has 0 spiro atoms. The first kappa shape index (κ1) is 18.2. The van der Waals surface area contributed by atoms with Crippen molar-refractivity contribution in [2.45, 2.75) is 34.6 Å². The lowest BCUT2D eigenvalue weighted by molar-refractivity contribution is -0.123. The molecule has 0 bridgehead atoms. The molecule has 0 aliphatic heterocycles. The van der Waals surface area contributed by atoms with Gasteiger partial charge in [0.15, 0.2) is 0 Å². The molecule has 0 saturated carbocycles. The first-order chi connectivity index (χ1) is 11.1. The van der Waals surface area contributed by atoms with Crippen LogP contribution in [0.3, 0.4) is 0 Å². The Labute approximate surface area is 146 Å². The summed E-state index contributed by atoms with van der Waals surface area (Å²) in [5, 5.41) is 5.29. The van der Waals surface area contributed by atoms with Gasteiger partial charge in [0.25, 0.3) is 0 Å². The van der Waals surface area contributed by atoms with E-state index < -0.39 is 11.4 Å². The summed E-state index contributed by atoms with van der Waals surface area (Å²) in [6, 6.07) is 6.10. The zero-order chi connectivity index (χ0) is 18.1. The van der Waals surface area contributed by atoms with Crippen LogP contribution in [0.25, 0.3) is 11.1 Å². The van der Waals surface area contributed by atoms with Crippen LogP contribution in [0.5, 0.6) is 0 Å². The summed E-state index contributed by atoms with van der Waals surface area (Å²) in [4.78, 5) is 24.7. The van der Waals surface area contributed by atoms with Crippen LogP contribution in [-0.2, 0) is 9.53 Å². The second-order valence-corrected chi connectivity index (χ2v) is 7.75. The molecule has 2 aromatic rings. The summed E-state index contributed by atoms with van der Waals surface area (Å²) >= 11 is 1.34. The second kappa shape index (κ2) is 6.77. The average molecular weight is 345 g/mol. The van der Waals surface area contributed by atoms with Crippen LogP contribution in [0.1, 0.15) is 42.3 Å². The highest BCUT2D eigenvalue weighted by molar-refractivity contribution is 7.15. The fourth-order valence-corrected chi connectivity index (χ4v) is 3.21. The Hall–Kier alpha value is -2.14. The van der Waals surface area contributed by atoms with Crippen molar-refractivity contribution in [1.82, 2.24) is 0 Å². The highest BCUT2D eigenvalue weighted by atomic mass is 32.1. The van der Waals surface area contributed by atoms with E-state index in [1.54, 1.807) is 0 Å². The second-order valence-electron chi connectivity index (χ2n) is 6.87. The van der Waals surface area contributed by atoms with Gasteiger partial charge in [-0.2, -0.15) is 0 Å². The molecule has 0 fully saturated rings. The molecular weight excluding hydrogens is 322 g/mol. The number of anilines is 1. The summed E-state index contributed by atoms with van der Waals surface area (Å²) in [7, 11) is 1.35. The van der Waals surface area contributed by atoms with E-state index in [0.717, 1.165) is 22.3 Å². The molecule has 1 heterocycles. The summed E-state index contributed by atoms with van der Waals surface area (Å²) < 4.78 is 4.95. The average Bonchev–Trinajstić information content (AvgIpc) is 2.91. The van der Waals surface area contributed by atoms with E-state index in [1.807, 2.05) is 58.2 Å². The van der Waals surface area contributed by atoms with Crippen LogP contribution >= 0.6 is 11.3 Å². The van der Waals surface area contributed by atoms with Crippen LogP contribution in [0.15, 0.2) is 23.6 Å². The zero-order valence-corrected chi connectivity index (χ0v) is 15.8. The number of nitrogens with one attached hydrogen (secondary N) is 1. The van der Waals surface area contributed by atoms with Gasteiger partial charge in [-0.3, -0.25) is 4.79 Å². The van der Waals surface area contributed by atoms with Gasteiger partial charge in [0.2, 0.25) is 5.91 Å². The quantitative estimate of drug-likeness (QED) is 0.813. The van der Waals surface area contributed by atoms with Gasteiger partial charge in [-0.1, -0.05) is 44.5 Å². The predicted octanol–water partition coefficient (Wildman–Crippen LogP) is 4.80. The summed E-state index contributed by atoms with van der Waals surface area (Å²) in [6.07, 6.45) is 0. The van der Waals surface area contributed by atoms with Crippen molar-refractivity contribution in [3.8, 4) is 11.1 Å². The Morgan fingerprint density at radius 2 is 1.79 bits per heavy atom. The standard InChI is InChI=1S/C19H23NO3S/c1-11-7-8-12(2)13(9-11)14-10-24-16(15(14)17(21)23-6)20-18(22)19(3,4)5/h7-10H,1-6H3,(H,20,22). The normalized spacial score (nSPS) is 11.2. The maximum absolute atomic E-state index is 12.4. The molecule has 0 saturated heterocycles. The third-order valence-electron chi connectivity index (χ3n) is 3.77. The van der Waals surface area contributed by atoms with Crippen molar-refractivity contribution >= 4 is 28.2 Å². The Morgan fingerprint density at radius 1 is 1.12 bits per heavy atom. The molecule has 1 amide bonds. The Morgan fingerprint density at radius 3 is 2.38 bits per heavy atom. The largest absolute Gasteiger partial charge is 0.465 e. The molecule has 1 aromatic carbocycles. The van der Waals surface area contributed by atoms with Gasteiger partial charge in [-0.05, 0) is 25.0 Å². The highest BCUT2D eigenvalue weighted by Crippen LogP contribution is 2.38. The van der Waals surface area contributed by atoms with E-state index in [0.29, 0.717) is 10.6 Å². The topological polar surface area (TPSA) is 55.4 Å². The van der Waals surface area contributed by atoms with E-state index >= 15 is 0 Å². The maximum Gasteiger partial charge on any atom is 0.341 e. The third-order valence-corrected chi connectivity index (χ3v) is 4.67. The number of hydrogen-bond acceptors (Lipinski definition) is 4. The number of carbonyl (C=O) groups is 2. The highest BCUT2D eigenvalue weighted by Gasteiger charge is 2.27. The van der Waals surface area contributed by atoms with Gasteiger partial charge in [-0.25, -0.2) is 4.79 Å². The molecule has 0 atom stereocenters. The number of esters is 1. The number of aryl methyl sites for hydroxylation is 2. The molecule has 1 aromatic heterocycles. The number of carbonyl (C=O) groups excluding carboxylic acids is 2. The molecule has 24 heavy (non-hydrogen) atoms. The molecule has 5 heteroatoms. The summed E-state index contributed by atoms with van der Waals surface area (Å²) in [6.45, 7) is 9.51. The van der Waals surface area contributed by atoms with Gasteiger partial charge < -0.3 is 10.1 Å². The lowest BCUT2D eigenvalue weighted by atomic mass is 9.95. The predicted molar refractivity (Wildman–Crippen MR) is 98.7 cm³/mol. The molecule has 2 rings (SSSR count). The van der Waals surface area contributed by atoms with Crippen molar-refractivity contribution < 1.29 is 14.3 Å². The SMILES string of the molecule is COC(=O)c1c(-c2cc(C)ccc2C)csc1NC(=O)C(C)(C)C.